The van der Waals surface area contributed by atoms with Crippen LogP contribution in [0.15, 0.2) is 0 Å². The van der Waals surface area contributed by atoms with E-state index in [4.69, 9.17) is 4.74 Å². The Morgan fingerprint density at radius 2 is 2.06 bits per heavy atom. The van der Waals surface area contributed by atoms with Gasteiger partial charge in [0, 0.05) is 31.2 Å². The number of aryl methyl sites for hydroxylation is 2. The number of hydrogen-bond acceptors (Lipinski definition) is 4. The molecule has 1 aromatic heterocycles. The van der Waals surface area contributed by atoms with Gasteiger partial charge in [-0.2, -0.15) is 0 Å². The minimum Gasteiger partial charge on any atom is -0.381 e. The quantitative estimate of drug-likeness (QED) is 0.897. The molecule has 0 aliphatic carbocycles. The fourth-order valence-corrected chi connectivity index (χ4v) is 3.03. The first-order chi connectivity index (χ1) is 8.09. The van der Waals surface area contributed by atoms with Gasteiger partial charge in [0.2, 0.25) is 0 Å². The van der Waals surface area contributed by atoms with Crippen LogP contribution in [0.2, 0.25) is 0 Å². The van der Waals surface area contributed by atoms with Gasteiger partial charge < -0.3 is 10.1 Å². The SMILES string of the molecule is Cc1nc(CNCC2(C)CCOCC2)sc1C. The van der Waals surface area contributed by atoms with Crippen LogP contribution < -0.4 is 5.32 Å². The van der Waals surface area contributed by atoms with Crippen molar-refractivity contribution in [3.63, 3.8) is 0 Å². The van der Waals surface area contributed by atoms with Crippen LogP contribution in [0.5, 0.6) is 0 Å². The highest BCUT2D eigenvalue weighted by Crippen LogP contribution is 2.28. The van der Waals surface area contributed by atoms with Gasteiger partial charge in [-0.1, -0.05) is 6.92 Å². The van der Waals surface area contributed by atoms with Crippen molar-refractivity contribution in [1.82, 2.24) is 10.3 Å². The third kappa shape index (κ3) is 3.50. The van der Waals surface area contributed by atoms with Gasteiger partial charge in [-0.3, -0.25) is 0 Å². The molecule has 2 heterocycles. The first-order valence-electron chi connectivity index (χ1n) is 6.30. The smallest absolute Gasteiger partial charge is 0.107 e. The molecule has 0 bridgehead atoms. The summed E-state index contributed by atoms with van der Waals surface area (Å²) in [5, 5.41) is 4.75. The third-order valence-electron chi connectivity index (χ3n) is 3.60. The van der Waals surface area contributed by atoms with Crippen molar-refractivity contribution in [2.24, 2.45) is 5.41 Å². The van der Waals surface area contributed by atoms with E-state index in [0.717, 1.165) is 39.1 Å². The van der Waals surface area contributed by atoms with E-state index in [1.54, 1.807) is 11.3 Å². The molecule has 17 heavy (non-hydrogen) atoms. The van der Waals surface area contributed by atoms with Crippen molar-refractivity contribution in [2.75, 3.05) is 19.8 Å². The molecule has 0 amide bonds. The third-order valence-corrected chi connectivity index (χ3v) is 4.67. The molecule has 0 radical (unpaired) electrons. The Balaban J connectivity index is 1.78. The number of hydrogen-bond donors (Lipinski definition) is 1. The maximum Gasteiger partial charge on any atom is 0.107 e. The molecule has 0 spiro atoms. The second-order valence-electron chi connectivity index (χ2n) is 5.28. The van der Waals surface area contributed by atoms with Crippen molar-refractivity contribution in [3.8, 4) is 0 Å². The van der Waals surface area contributed by atoms with Crippen LogP contribution >= 0.6 is 11.3 Å². The van der Waals surface area contributed by atoms with E-state index < -0.39 is 0 Å². The van der Waals surface area contributed by atoms with Crippen LogP contribution in [0.1, 0.15) is 35.3 Å². The Labute approximate surface area is 108 Å². The second-order valence-corrected chi connectivity index (χ2v) is 6.56. The van der Waals surface area contributed by atoms with Gasteiger partial charge in [-0.15, -0.1) is 11.3 Å². The summed E-state index contributed by atoms with van der Waals surface area (Å²) in [7, 11) is 0. The van der Waals surface area contributed by atoms with Crippen molar-refractivity contribution in [3.05, 3.63) is 15.6 Å². The Morgan fingerprint density at radius 1 is 1.35 bits per heavy atom. The van der Waals surface area contributed by atoms with Gasteiger partial charge in [0.1, 0.15) is 5.01 Å². The molecule has 1 aromatic rings. The summed E-state index contributed by atoms with van der Waals surface area (Å²) in [5.74, 6) is 0. The maximum atomic E-state index is 5.41. The van der Waals surface area contributed by atoms with Crippen molar-refractivity contribution in [2.45, 2.75) is 40.2 Å². The molecule has 0 aromatic carbocycles. The van der Waals surface area contributed by atoms with Gasteiger partial charge in [0.05, 0.1) is 5.69 Å². The number of ether oxygens (including phenoxy) is 1. The molecular formula is C13H22N2OS. The van der Waals surface area contributed by atoms with Crippen LogP contribution in [0.4, 0.5) is 0 Å². The lowest BCUT2D eigenvalue weighted by Gasteiger charge is -2.33. The lowest BCUT2D eigenvalue weighted by molar-refractivity contribution is 0.0240. The van der Waals surface area contributed by atoms with E-state index in [1.165, 1.54) is 15.6 Å². The lowest BCUT2D eigenvalue weighted by atomic mass is 9.82. The van der Waals surface area contributed by atoms with E-state index >= 15 is 0 Å². The summed E-state index contributed by atoms with van der Waals surface area (Å²) in [6.07, 6.45) is 2.33. The van der Waals surface area contributed by atoms with Gasteiger partial charge in [0.25, 0.3) is 0 Å². The zero-order valence-corrected chi connectivity index (χ0v) is 11.8. The summed E-state index contributed by atoms with van der Waals surface area (Å²) in [6.45, 7) is 10.3. The van der Waals surface area contributed by atoms with E-state index in [9.17, 15) is 0 Å². The predicted molar refractivity (Wildman–Crippen MR) is 71.5 cm³/mol. The number of rotatable bonds is 4. The average Bonchev–Trinajstić information content (AvgIpc) is 2.59. The highest BCUT2D eigenvalue weighted by atomic mass is 32.1. The molecule has 1 N–H and O–H groups in total. The summed E-state index contributed by atoms with van der Waals surface area (Å²) in [5.41, 5.74) is 1.57. The Bertz CT molecular complexity index is 350. The molecule has 0 saturated carbocycles. The van der Waals surface area contributed by atoms with Crippen LogP contribution in [-0.4, -0.2) is 24.7 Å². The second kappa shape index (κ2) is 5.46. The summed E-state index contributed by atoms with van der Waals surface area (Å²) < 4.78 is 5.41. The van der Waals surface area contributed by atoms with E-state index in [-0.39, 0.29) is 0 Å². The standard InChI is InChI=1S/C13H22N2OS/c1-10-11(2)17-12(15-10)8-14-9-13(3)4-6-16-7-5-13/h14H,4-9H2,1-3H3. The largest absolute Gasteiger partial charge is 0.381 e. The van der Waals surface area contributed by atoms with Crippen molar-refractivity contribution >= 4 is 11.3 Å². The molecule has 0 unspecified atom stereocenters. The summed E-state index contributed by atoms with van der Waals surface area (Å²) in [4.78, 5) is 5.88. The minimum absolute atomic E-state index is 0.402. The fraction of sp³-hybridized carbons (Fsp3) is 0.769. The first kappa shape index (κ1) is 13.0. The molecule has 1 aliphatic heterocycles. The van der Waals surface area contributed by atoms with Crippen molar-refractivity contribution < 1.29 is 4.74 Å². The van der Waals surface area contributed by atoms with E-state index in [1.807, 2.05) is 0 Å². The summed E-state index contributed by atoms with van der Waals surface area (Å²) in [6, 6.07) is 0. The van der Waals surface area contributed by atoms with E-state index in [2.05, 4.69) is 31.1 Å². The topological polar surface area (TPSA) is 34.2 Å². The van der Waals surface area contributed by atoms with Crippen LogP contribution in [-0.2, 0) is 11.3 Å². The molecule has 2 rings (SSSR count). The Hall–Kier alpha value is -0.450. The monoisotopic (exact) mass is 254 g/mol. The number of nitrogens with zero attached hydrogens (tertiary/aromatic N) is 1. The van der Waals surface area contributed by atoms with Gasteiger partial charge in [-0.25, -0.2) is 4.98 Å². The fourth-order valence-electron chi connectivity index (χ4n) is 2.13. The van der Waals surface area contributed by atoms with Crippen molar-refractivity contribution in [1.29, 1.82) is 0 Å². The van der Waals surface area contributed by atoms with Gasteiger partial charge in [0.15, 0.2) is 0 Å². The molecule has 1 aliphatic rings. The summed E-state index contributed by atoms with van der Waals surface area (Å²) >= 11 is 1.80. The number of nitrogens with one attached hydrogen (secondary N) is 1. The molecule has 1 fully saturated rings. The zero-order valence-electron chi connectivity index (χ0n) is 11.0. The molecular weight excluding hydrogens is 232 g/mol. The van der Waals surface area contributed by atoms with Crippen LogP contribution in [0, 0.1) is 19.3 Å². The normalized spacial score (nSPS) is 19.5. The molecule has 1 saturated heterocycles. The van der Waals surface area contributed by atoms with Crippen LogP contribution in [0.3, 0.4) is 0 Å². The van der Waals surface area contributed by atoms with Gasteiger partial charge in [-0.05, 0) is 32.1 Å². The molecule has 3 nitrogen and oxygen atoms in total. The average molecular weight is 254 g/mol. The molecule has 96 valence electrons. The first-order valence-corrected chi connectivity index (χ1v) is 7.12. The van der Waals surface area contributed by atoms with Gasteiger partial charge >= 0.3 is 0 Å². The Morgan fingerprint density at radius 3 is 2.65 bits per heavy atom. The van der Waals surface area contributed by atoms with Crippen LogP contribution in [0.25, 0.3) is 0 Å². The Kier molecular flexibility index (Phi) is 4.17. The van der Waals surface area contributed by atoms with E-state index in [0.29, 0.717) is 5.41 Å². The zero-order chi connectivity index (χ0) is 12.3. The number of thiazole rings is 1. The highest BCUT2D eigenvalue weighted by molar-refractivity contribution is 7.11. The highest BCUT2D eigenvalue weighted by Gasteiger charge is 2.26. The molecule has 0 atom stereocenters. The maximum absolute atomic E-state index is 5.41. The minimum atomic E-state index is 0.402. The molecule has 4 heteroatoms. The number of aromatic nitrogens is 1. The predicted octanol–water partition coefficient (Wildman–Crippen LogP) is 2.67. The lowest BCUT2D eigenvalue weighted by Crippen LogP contribution is -2.36.